The molecular weight excluding hydrogens is 1040 g/mol. The molecule has 6 heteroatoms. The summed E-state index contributed by atoms with van der Waals surface area (Å²) in [4.78, 5) is 24.6. The average molecular weight is 1200 g/mol. The van der Waals surface area contributed by atoms with Gasteiger partial charge in [-0.3, -0.25) is 9.59 Å². The number of aliphatic hydroxyl groups is 2. The van der Waals surface area contributed by atoms with Crippen molar-refractivity contribution >= 4 is 11.9 Å². The van der Waals surface area contributed by atoms with Crippen LogP contribution in [0, 0.1) is 0 Å². The molecule has 0 saturated heterocycles. The molecule has 0 rings (SSSR count). The molecule has 85 heavy (non-hydrogen) atoms. The second-order valence-electron chi connectivity index (χ2n) is 26.7. The first kappa shape index (κ1) is 83.1. The van der Waals surface area contributed by atoms with Crippen LogP contribution < -0.4 is 5.32 Å². The third kappa shape index (κ3) is 71.0. The van der Waals surface area contributed by atoms with Crippen molar-refractivity contribution in [3.05, 3.63) is 36.5 Å². The van der Waals surface area contributed by atoms with Crippen LogP contribution in [0.2, 0.25) is 0 Å². The molecule has 0 aromatic carbocycles. The topological polar surface area (TPSA) is 95.9 Å². The summed E-state index contributed by atoms with van der Waals surface area (Å²) in [5, 5.41) is 23.3. The third-order valence-electron chi connectivity index (χ3n) is 18.2. The molecule has 502 valence electrons. The van der Waals surface area contributed by atoms with Crippen molar-refractivity contribution in [1.29, 1.82) is 0 Å². The quantitative estimate of drug-likeness (QED) is 0.0320. The predicted octanol–water partition coefficient (Wildman–Crippen LogP) is 25.4. The first-order chi connectivity index (χ1) is 42.0. The number of carbonyl (C=O) groups excluding carboxylic acids is 2. The number of amides is 1. The number of rotatable bonds is 73. The summed E-state index contributed by atoms with van der Waals surface area (Å²) in [5.41, 5.74) is 0. The normalized spacial score (nSPS) is 12.7. The van der Waals surface area contributed by atoms with Gasteiger partial charge < -0.3 is 20.3 Å². The third-order valence-corrected chi connectivity index (χ3v) is 18.2. The molecule has 2 unspecified atom stereocenters. The number of ether oxygens (including phenoxy) is 1. The van der Waals surface area contributed by atoms with E-state index in [9.17, 15) is 19.8 Å². The Morgan fingerprint density at radius 2 is 0.588 bits per heavy atom. The highest BCUT2D eigenvalue weighted by atomic mass is 16.5. The monoisotopic (exact) mass is 1190 g/mol. The molecule has 0 bridgehead atoms. The van der Waals surface area contributed by atoms with Crippen molar-refractivity contribution < 1.29 is 24.5 Å². The van der Waals surface area contributed by atoms with Gasteiger partial charge in [0.25, 0.3) is 0 Å². The van der Waals surface area contributed by atoms with Crippen LogP contribution in [0.4, 0.5) is 0 Å². The smallest absolute Gasteiger partial charge is 0.305 e. The molecule has 0 radical (unpaired) electrons. The second-order valence-corrected chi connectivity index (χ2v) is 26.7. The summed E-state index contributed by atoms with van der Waals surface area (Å²) in [7, 11) is 0. The highest BCUT2D eigenvalue weighted by Gasteiger charge is 2.18. The fourth-order valence-corrected chi connectivity index (χ4v) is 12.3. The van der Waals surface area contributed by atoms with E-state index < -0.39 is 12.1 Å². The van der Waals surface area contributed by atoms with Crippen LogP contribution in [0.25, 0.3) is 0 Å². The van der Waals surface area contributed by atoms with E-state index in [0.29, 0.717) is 19.4 Å². The number of carbonyl (C=O) groups is 2. The van der Waals surface area contributed by atoms with E-state index in [1.54, 1.807) is 6.08 Å². The largest absolute Gasteiger partial charge is 0.466 e. The molecule has 0 fully saturated rings. The average Bonchev–Trinajstić information content (AvgIpc) is 3.51. The van der Waals surface area contributed by atoms with Crippen LogP contribution in [0.3, 0.4) is 0 Å². The Kier molecular flexibility index (Phi) is 72.9. The first-order valence-corrected chi connectivity index (χ1v) is 38.8. The number of esters is 1. The first-order valence-electron chi connectivity index (χ1n) is 38.8. The van der Waals surface area contributed by atoms with Gasteiger partial charge in [0.05, 0.1) is 25.4 Å². The zero-order valence-electron chi connectivity index (χ0n) is 57.6. The molecule has 6 nitrogen and oxygen atoms in total. The Morgan fingerprint density at radius 3 is 0.906 bits per heavy atom. The zero-order chi connectivity index (χ0) is 61.3. The van der Waals surface area contributed by atoms with Gasteiger partial charge >= 0.3 is 5.97 Å². The highest BCUT2D eigenvalue weighted by molar-refractivity contribution is 5.76. The number of nitrogens with one attached hydrogen (secondary N) is 1. The minimum Gasteiger partial charge on any atom is -0.466 e. The van der Waals surface area contributed by atoms with E-state index in [2.05, 4.69) is 43.5 Å². The van der Waals surface area contributed by atoms with Crippen molar-refractivity contribution in [2.45, 2.75) is 443 Å². The van der Waals surface area contributed by atoms with Gasteiger partial charge in [0.2, 0.25) is 5.91 Å². The Bertz CT molecular complexity index is 1380. The minimum absolute atomic E-state index is 0.00498. The van der Waals surface area contributed by atoms with Gasteiger partial charge in [-0.1, -0.05) is 391 Å². The summed E-state index contributed by atoms with van der Waals surface area (Å²) in [6, 6.07) is -0.628. The lowest BCUT2D eigenvalue weighted by atomic mass is 10.0. The van der Waals surface area contributed by atoms with Crippen molar-refractivity contribution in [3.63, 3.8) is 0 Å². The molecule has 0 heterocycles. The Balaban J connectivity index is 3.38. The number of unbranched alkanes of at least 4 members (excludes halogenated alkanes) is 58. The van der Waals surface area contributed by atoms with Crippen LogP contribution in [0.1, 0.15) is 431 Å². The number of hydrogen-bond donors (Lipinski definition) is 3. The van der Waals surface area contributed by atoms with Crippen LogP contribution in [0.15, 0.2) is 36.5 Å². The summed E-state index contributed by atoms with van der Waals surface area (Å²) in [6.45, 7) is 4.93. The van der Waals surface area contributed by atoms with Crippen molar-refractivity contribution in [2.24, 2.45) is 0 Å². The predicted molar refractivity (Wildman–Crippen MR) is 375 cm³/mol. The van der Waals surface area contributed by atoms with Gasteiger partial charge in [0, 0.05) is 12.8 Å². The number of aliphatic hydroxyl groups excluding tert-OH is 2. The maximum absolute atomic E-state index is 12.6. The van der Waals surface area contributed by atoms with Crippen LogP contribution in [-0.4, -0.2) is 47.4 Å². The molecule has 2 atom stereocenters. The minimum atomic E-state index is -0.845. The molecule has 0 aromatic rings. The maximum atomic E-state index is 12.6. The zero-order valence-corrected chi connectivity index (χ0v) is 57.6. The van der Waals surface area contributed by atoms with Gasteiger partial charge in [-0.15, -0.1) is 0 Å². The van der Waals surface area contributed by atoms with Gasteiger partial charge in [0.15, 0.2) is 0 Å². The van der Waals surface area contributed by atoms with Crippen LogP contribution in [0.5, 0.6) is 0 Å². The molecule has 0 aliphatic carbocycles. The fourth-order valence-electron chi connectivity index (χ4n) is 12.3. The molecule has 0 aliphatic rings. The molecule has 1 amide bonds. The molecule has 0 saturated carbocycles. The number of allylic oxidation sites excluding steroid dienone is 5. The summed E-state index contributed by atoms with van der Waals surface area (Å²) >= 11 is 0. The standard InChI is InChI=1S/C79H151NO5/c1-3-5-7-9-11-13-15-17-19-21-22-23-24-28-31-34-37-40-43-47-51-55-59-63-67-71-77(82)76(75-81)80-78(83)72-68-64-60-56-52-48-44-41-38-35-32-29-26-25-27-30-33-36-39-42-46-50-54-58-62-66-70-74-85-79(84)73-69-65-61-57-53-49-45-20-18-16-14-12-10-8-6-4-2/h14,16,20,45,67,71,76-77,81-82H,3-13,15,17-19,21-44,46-66,68-70,72-75H2,1-2H3,(H,80,83)/b16-14-,45-20-,71-67+. The lowest BCUT2D eigenvalue weighted by Gasteiger charge is -2.20. The second kappa shape index (κ2) is 74.5. The molecule has 0 aromatic heterocycles. The van der Waals surface area contributed by atoms with E-state index in [4.69, 9.17) is 4.74 Å². The Hall–Kier alpha value is -1.92. The summed E-state index contributed by atoms with van der Waals surface area (Å²) in [5.74, 6) is -0.0555. The van der Waals surface area contributed by atoms with E-state index in [1.807, 2.05) is 6.08 Å². The fraction of sp³-hybridized carbons (Fsp3) is 0.899. The van der Waals surface area contributed by atoms with Gasteiger partial charge in [0.1, 0.15) is 0 Å². The lowest BCUT2D eigenvalue weighted by molar-refractivity contribution is -0.143. The van der Waals surface area contributed by atoms with E-state index in [1.165, 1.54) is 353 Å². The van der Waals surface area contributed by atoms with E-state index >= 15 is 0 Å². The van der Waals surface area contributed by atoms with Crippen molar-refractivity contribution in [3.8, 4) is 0 Å². The molecule has 3 N–H and O–H groups in total. The van der Waals surface area contributed by atoms with Gasteiger partial charge in [-0.05, 0) is 64.2 Å². The lowest BCUT2D eigenvalue weighted by Crippen LogP contribution is -2.45. The van der Waals surface area contributed by atoms with E-state index in [-0.39, 0.29) is 18.5 Å². The molecular formula is C79H151NO5. The molecule has 0 aliphatic heterocycles. The van der Waals surface area contributed by atoms with E-state index in [0.717, 1.165) is 51.4 Å². The van der Waals surface area contributed by atoms with Crippen LogP contribution in [-0.2, 0) is 14.3 Å². The maximum Gasteiger partial charge on any atom is 0.305 e. The highest BCUT2D eigenvalue weighted by Crippen LogP contribution is 2.20. The van der Waals surface area contributed by atoms with Crippen LogP contribution >= 0.6 is 0 Å². The molecule has 0 spiro atoms. The van der Waals surface area contributed by atoms with Gasteiger partial charge in [-0.2, -0.15) is 0 Å². The van der Waals surface area contributed by atoms with Crippen molar-refractivity contribution in [2.75, 3.05) is 13.2 Å². The van der Waals surface area contributed by atoms with Gasteiger partial charge in [-0.25, -0.2) is 0 Å². The Morgan fingerprint density at radius 1 is 0.329 bits per heavy atom. The SMILES string of the molecule is CCCCCC/C=C\C/C=C\CCCCCCCC(=O)OCCCCCCCCCCCCCCCCCCCCCCCCCCCCCC(=O)NC(CO)C(O)/C=C/CCCCCCCCCCCCCCCCCCCCCCCCC. The van der Waals surface area contributed by atoms with Crippen molar-refractivity contribution in [1.82, 2.24) is 5.32 Å². The number of hydrogen-bond acceptors (Lipinski definition) is 5. The Labute approximate surface area is 532 Å². The summed E-state index contributed by atoms with van der Waals surface area (Å²) in [6.07, 6.45) is 96.8. The summed E-state index contributed by atoms with van der Waals surface area (Å²) < 4.78 is 5.50.